The minimum atomic E-state index is -1.72. The number of rotatable bonds is 3. The van der Waals surface area contributed by atoms with Gasteiger partial charge in [0, 0.05) is 19.6 Å². The maximum atomic E-state index is 10.6. The molecule has 0 radical (unpaired) electrons. The highest BCUT2D eigenvalue weighted by Crippen LogP contribution is 2.13. The van der Waals surface area contributed by atoms with Gasteiger partial charge in [-0.1, -0.05) is 0 Å². The number of carboxylic acid groups (broad SMARTS) is 1. The Morgan fingerprint density at radius 3 is 2.69 bits per heavy atom. The van der Waals surface area contributed by atoms with Crippen LogP contribution in [0.25, 0.3) is 0 Å². The quantitative estimate of drug-likeness (QED) is 0.524. The van der Waals surface area contributed by atoms with E-state index in [1.54, 1.807) is 4.90 Å². The number of aliphatic hydroxyl groups is 2. The van der Waals surface area contributed by atoms with Gasteiger partial charge in [0.15, 0.2) is 5.60 Å². The number of β-amino-alcohol motifs (C(OH)–C–C–N with tert-alkyl or cyclic N) is 2. The molecule has 3 N–H and O–H groups in total. The zero-order valence-corrected chi connectivity index (χ0v) is 7.60. The third-order valence-corrected chi connectivity index (χ3v) is 2.24. The van der Waals surface area contributed by atoms with Gasteiger partial charge < -0.3 is 15.3 Å². The number of aliphatic hydroxyl groups excluding tert-OH is 1. The first-order chi connectivity index (χ1) is 5.92. The van der Waals surface area contributed by atoms with Crippen LogP contribution in [0.1, 0.15) is 13.3 Å². The molecule has 2 unspecified atom stereocenters. The maximum Gasteiger partial charge on any atom is 0.336 e. The van der Waals surface area contributed by atoms with Gasteiger partial charge in [-0.25, -0.2) is 4.79 Å². The lowest BCUT2D eigenvalue weighted by Crippen LogP contribution is -2.46. The minimum absolute atomic E-state index is 0.0688. The number of hydrogen-bond acceptors (Lipinski definition) is 4. The largest absolute Gasteiger partial charge is 0.479 e. The standard InChI is InChI=1S/C8H15NO4/c1-8(13,7(11)12)5-9-3-2-6(10)4-9/h6,10,13H,2-5H2,1H3,(H,11,12). The van der Waals surface area contributed by atoms with E-state index in [-0.39, 0.29) is 12.6 Å². The first kappa shape index (κ1) is 10.4. The number of carboxylic acids is 1. The van der Waals surface area contributed by atoms with Crippen LogP contribution >= 0.6 is 0 Å². The van der Waals surface area contributed by atoms with Crippen molar-refractivity contribution in [2.24, 2.45) is 0 Å². The van der Waals surface area contributed by atoms with Gasteiger partial charge >= 0.3 is 5.97 Å². The van der Waals surface area contributed by atoms with Gasteiger partial charge in [-0.2, -0.15) is 0 Å². The van der Waals surface area contributed by atoms with Gasteiger partial charge in [-0.05, 0) is 13.3 Å². The van der Waals surface area contributed by atoms with E-state index < -0.39 is 11.6 Å². The van der Waals surface area contributed by atoms with E-state index >= 15 is 0 Å². The van der Waals surface area contributed by atoms with Crippen LogP contribution in [0.2, 0.25) is 0 Å². The summed E-state index contributed by atoms with van der Waals surface area (Å²) in [5.74, 6) is -1.23. The summed E-state index contributed by atoms with van der Waals surface area (Å²) in [7, 11) is 0. The van der Waals surface area contributed by atoms with E-state index in [1.165, 1.54) is 6.92 Å². The van der Waals surface area contributed by atoms with Crippen molar-refractivity contribution in [1.82, 2.24) is 4.90 Å². The second-order valence-electron chi connectivity index (χ2n) is 3.76. The number of nitrogens with zero attached hydrogens (tertiary/aromatic N) is 1. The molecule has 1 saturated heterocycles. The fourth-order valence-corrected chi connectivity index (χ4v) is 1.46. The Labute approximate surface area is 76.6 Å². The van der Waals surface area contributed by atoms with E-state index in [0.717, 1.165) is 0 Å². The molecule has 0 spiro atoms. The lowest BCUT2D eigenvalue weighted by molar-refractivity contribution is -0.158. The highest BCUT2D eigenvalue weighted by Gasteiger charge is 2.34. The average molecular weight is 189 g/mol. The normalized spacial score (nSPS) is 28.7. The van der Waals surface area contributed by atoms with E-state index in [0.29, 0.717) is 19.5 Å². The summed E-state index contributed by atoms with van der Waals surface area (Å²) in [5, 5.41) is 27.2. The number of likely N-dealkylation sites (tertiary alicyclic amines) is 1. The average Bonchev–Trinajstić information content (AvgIpc) is 2.34. The molecule has 0 aromatic carbocycles. The number of carbonyl (C=O) groups is 1. The van der Waals surface area contributed by atoms with Crippen molar-refractivity contribution in [2.45, 2.75) is 25.0 Å². The predicted octanol–water partition coefficient (Wildman–Crippen LogP) is -1.11. The molecular weight excluding hydrogens is 174 g/mol. The molecule has 0 amide bonds. The Bertz CT molecular complexity index is 204. The summed E-state index contributed by atoms with van der Waals surface area (Å²) in [4.78, 5) is 12.3. The van der Waals surface area contributed by atoms with Crippen molar-refractivity contribution in [2.75, 3.05) is 19.6 Å². The Hall–Kier alpha value is -0.650. The molecule has 0 bridgehead atoms. The third-order valence-electron chi connectivity index (χ3n) is 2.24. The SMILES string of the molecule is CC(O)(CN1CCC(O)C1)C(=O)O. The molecule has 2 atom stereocenters. The fraction of sp³-hybridized carbons (Fsp3) is 0.875. The summed E-state index contributed by atoms with van der Waals surface area (Å²) in [6.45, 7) is 2.42. The molecule has 1 heterocycles. The van der Waals surface area contributed by atoms with Gasteiger partial charge in [-0.3, -0.25) is 4.90 Å². The number of aliphatic carboxylic acids is 1. The fourth-order valence-electron chi connectivity index (χ4n) is 1.46. The molecule has 0 aliphatic carbocycles. The molecule has 1 aliphatic heterocycles. The highest BCUT2D eigenvalue weighted by molar-refractivity contribution is 5.76. The number of hydrogen-bond donors (Lipinski definition) is 3. The summed E-state index contributed by atoms with van der Waals surface area (Å²) < 4.78 is 0. The monoisotopic (exact) mass is 189 g/mol. The van der Waals surface area contributed by atoms with Crippen LogP contribution in [-0.2, 0) is 4.79 Å². The Morgan fingerprint density at radius 1 is 1.69 bits per heavy atom. The molecule has 0 aromatic rings. The van der Waals surface area contributed by atoms with Crippen molar-refractivity contribution in [3.8, 4) is 0 Å². The lowest BCUT2D eigenvalue weighted by Gasteiger charge is -2.24. The summed E-state index contributed by atoms with van der Waals surface area (Å²) in [5.41, 5.74) is -1.72. The van der Waals surface area contributed by atoms with Gasteiger partial charge in [0.2, 0.25) is 0 Å². The van der Waals surface area contributed by atoms with E-state index in [4.69, 9.17) is 10.2 Å². The molecule has 1 fully saturated rings. The van der Waals surface area contributed by atoms with Crippen LogP contribution in [0.4, 0.5) is 0 Å². The first-order valence-corrected chi connectivity index (χ1v) is 4.28. The Morgan fingerprint density at radius 2 is 2.31 bits per heavy atom. The topological polar surface area (TPSA) is 81.0 Å². The summed E-state index contributed by atoms with van der Waals surface area (Å²) in [6.07, 6.45) is 0.264. The molecule has 0 saturated carbocycles. The van der Waals surface area contributed by atoms with E-state index in [9.17, 15) is 9.90 Å². The van der Waals surface area contributed by atoms with Crippen molar-refractivity contribution < 1.29 is 20.1 Å². The maximum absolute atomic E-state index is 10.6. The first-order valence-electron chi connectivity index (χ1n) is 4.28. The molecule has 76 valence electrons. The molecule has 1 rings (SSSR count). The van der Waals surface area contributed by atoms with Crippen molar-refractivity contribution in [3.05, 3.63) is 0 Å². The second kappa shape index (κ2) is 3.61. The van der Waals surface area contributed by atoms with Crippen LogP contribution < -0.4 is 0 Å². The Balaban J connectivity index is 2.44. The van der Waals surface area contributed by atoms with Crippen molar-refractivity contribution in [1.29, 1.82) is 0 Å². The lowest BCUT2D eigenvalue weighted by atomic mass is 10.1. The van der Waals surface area contributed by atoms with Crippen molar-refractivity contribution >= 4 is 5.97 Å². The molecule has 5 heteroatoms. The van der Waals surface area contributed by atoms with Gasteiger partial charge in [0.1, 0.15) is 0 Å². The van der Waals surface area contributed by atoms with Crippen molar-refractivity contribution in [3.63, 3.8) is 0 Å². The molecule has 13 heavy (non-hydrogen) atoms. The predicted molar refractivity (Wildman–Crippen MR) is 45.3 cm³/mol. The zero-order valence-electron chi connectivity index (χ0n) is 7.60. The van der Waals surface area contributed by atoms with Crippen LogP contribution in [-0.4, -0.2) is 57.5 Å². The zero-order chi connectivity index (χ0) is 10.1. The van der Waals surface area contributed by atoms with Gasteiger partial charge in [0.05, 0.1) is 6.10 Å². The summed E-state index contributed by atoms with van der Waals surface area (Å²) >= 11 is 0. The van der Waals surface area contributed by atoms with Crippen LogP contribution in [0.3, 0.4) is 0 Å². The summed E-state index contributed by atoms with van der Waals surface area (Å²) in [6, 6.07) is 0. The minimum Gasteiger partial charge on any atom is -0.479 e. The van der Waals surface area contributed by atoms with Gasteiger partial charge in [-0.15, -0.1) is 0 Å². The molecule has 0 aromatic heterocycles. The van der Waals surface area contributed by atoms with E-state index in [2.05, 4.69) is 0 Å². The molecular formula is C8H15NO4. The molecule has 1 aliphatic rings. The highest BCUT2D eigenvalue weighted by atomic mass is 16.4. The second-order valence-corrected chi connectivity index (χ2v) is 3.76. The Kier molecular flexibility index (Phi) is 2.90. The molecule has 5 nitrogen and oxygen atoms in total. The van der Waals surface area contributed by atoms with Crippen LogP contribution in [0, 0.1) is 0 Å². The van der Waals surface area contributed by atoms with E-state index in [1.807, 2.05) is 0 Å². The van der Waals surface area contributed by atoms with Crippen LogP contribution in [0.15, 0.2) is 0 Å². The third kappa shape index (κ3) is 2.65. The smallest absolute Gasteiger partial charge is 0.336 e. The van der Waals surface area contributed by atoms with Gasteiger partial charge in [0.25, 0.3) is 0 Å². The van der Waals surface area contributed by atoms with Crippen LogP contribution in [0.5, 0.6) is 0 Å².